The molecule has 1 aliphatic heterocycles. The molecule has 1 amide bonds. The lowest BCUT2D eigenvalue weighted by Crippen LogP contribution is -2.50. The summed E-state index contributed by atoms with van der Waals surface area (Å²) in [5.41, 5.74) is -0.136. The van der Waals surface area contributed by atoms with Crippen LogP contribution in [0.1, 0.15) is 13.8 Å². The lowest BCUT2D eigenvalue weighted by atomic mass is 10.0. The summed E-state index contributed by atoms with van der Waals surface area (Å²) in [6, 6.07) is 2.30. The summed E-state index contributed by atoms with van der Waals surface area (Å²) in [4.78, 5) is 28.9. The third-order valence-electron chi connectivity index (χ3n) is 3.53. The Kier molecular flexibility index (Phi) is 5.26. The van der Waals surface area contributed by atoms with Crippen molar-refractivity contribution >= 4 is 17.4 Å². The minimum Gasteiger partial charge on any atom is -0.378 e. The first-order valence-corrected chi connectivity index (χ1v) is 7.23. The first kappa shape index (κ1) is 16.2. The molecular weight excluding hydrogens is 288 g/mol. The summed E-state index contributed by atoms with van der Waals surface area (Å²) >= 11 is 0. The van der Waals surface area contributed by atoms with Crippen LogP contribution in [0, 0.1) is 16.0 Å². The van der Waals surface area contributed by atoms with Gasteiger partial charge < -0.3 is 15.0 Å². The monoisotopic (exact) mass is 308 g/mol. The fourth-order valence-corrected chi connectivity index (χ4v) is 2.30. The molecule has 1 aromatic heterocycles. The van der Waals surface area contributed by atoms with Gasteiger partial charge in [0, 0.05) is 25.4 Å². The number of carbonyl (C=O) groups is 1. The van der Waals surface area contributed by atoms with Crippen molar-refractivity contribution < 1.29 is 14.5 Å². The fraction of sp³-hybridized carbons (Fsp3) is 0.571. The van der Waals surface area contributed by atoms with Crippen molar-refractivity contribution in [3.05, 3.63) is 28.4 Å². The van der Waals surface area contributed by atoms with Gasteiger partial charge in [0.2, 0.25) is 11.7 Å². The highest BCUT2D eigenvalue weighted by atomic mass is 16.6. The van der Waals surface area contributed by atoms with Gasteiger partial charge in [-0.05, 0) is 12.0 Å². The van der Waals surface area contributed by atoms with Crippen molar-refractivity contribution in [3.63, 3.8) is 0 Å². The topological polar surface area (TPSA) is 97.6 Å². The van der Waals surface area contributed by atoms with Crippen LogP contribution in [0.3, 0.4) is 0 Å². The van der Waals surface area contributed by atoms with E-state index in [-0.39, 0.29) is 23.3 Å². The van der Waals surface area contributed by atoms with E-state index < -0.39 is 11.0 Å². The number of amides is 1. The maximum atomic E-state index is 12.6. The number of anilines is 1. The molecule has 8 heteroatoms. The third kappa shape index (κ3) is 3.70. The van der Waals surface area contributed by atoms with E-state index in [2.05, 4.69) is 10.3 Å². The minimum atomic E-state index is -0.563. The summed E-state index contributed by atoms with van der Waals surface area (Å²) in [5.74, 6) is 0.00279. The van der Waals surface area contributed by atoms with Crippen LogP contribution < -0.4 is 5.32 Å². The number of ether oxygens (including phenoxy) is 1. The number of hydrogen-bond acceptors (Lipinski definition) is 6. The molecule has 1 unspecified atom stereocenters. The molecule has 1 fully saturated rings. The molecule has 1 saturated heterocycles. The lowest BCUT2D eigenvalue weighted by Gasteiger charge is -2.32. The number of pyridine rings is 1. The van der Waals surface area contributed by atoms with E-state index in [0.717, 1.165) is 0 Å². The average Bonchev–Trinajstić information content (AvgIpc) is 2.52. The van der Waals surface area contributed by atoms with Crippen LogP contribution in [-0.4, -0.2) is 53.1 Å². The number of morpholine rings is 1. The zero-order chi connectivity index (χ0) is 16.1. The highest BCUT2D eigenvalue weighted by Gasteiger charge is 2.30. The molecule has 0 aliphatic carbocycles. The van der Waals surface area contributed by atoms with Crippen LogP contribution in [-0.2, 0) is 9.53 Å². The SMILES string of the molecule is CC(C)C(Nc1ncccc1[N+](=O)[O-])C(=O)N1CCOCC1. The smallest absolute Gasteiger partial charge is 0.311 e. The molecule has 0 radical (unpaired) electrons. The molecule has 0 saturated carbocycles. The van der Waals surface area contributed by atoms with Gasteiger partial charge in [-0.3, -0.25) is 14.9 Å². The van der Waals surface area contributed by atoms with Crippen molar-refractivity contribution in [1.82, 2.24) is 9.88 Å². The molecule has 0 spiro atoms. The molecule has 1 aliphatic rings. The average molecular weight is 308 g/mol. The van der Waals surface area contributed by atoms with Crippen molar-refractivity contribution in [2.45, 2.75) is 19.9 Å². The Morgan fingerprint density at radius 3 is 2.73 bits per heavy atom. The van der Waals surface area contributed by atoms with E-state index in [1.54, 1.807) is 4.90 Å². The summed E-state index contributed by atoms with van der Waals surface area (Å²) in [5, 5.41) is 14.0. The predicted octanol–water partition coefficient (Wildman–Crippen LogP) is 1.29. The molecule has 2 heterocycles. The number of nitro groups is 1. The first-order chi connectivity index (χ1) is 10.5. The standard InChI is InChI=1S/C14H20N4O4/c1-10(2)12(14(19)17-6-8-22-9-7-17)16-13-11(18(20)21)4-3-5-15-13/h3-5,10,12H,6-9H2,1-2H3,(H,15,16). The maximum absolute atomic E-state index is 12.6. The molecule has 22 heavy (non-hydrogen) atoms. The number of carbonyl (C=O) groups excluding carboxylic acids is 1. The predicted molar refractivity (Wildman–Crippen MR) is 80.5 cm³/mol. The number of nitrogens with zero attached hydrogens (tertiary/aromatic N) is 3. The van der Waals surface area contributed by atoms with Gasteiger partial charge in [0.1, 0.15) is 6.04 Å². The Morgan fingerprint density at radius 2 is 2.14 bits per heavy atom. The Hall–Kier alpha value is -2.22. The number of aromatic nitrogens is 1. The van der Waals surface area contributed by atoms with Crippen molar-refractivity contribution in [3.8, 4) is 0 Å². The summed E-state index contributed by atoms with van der Waals surface area (Å²) in [6.07, 6.45) is 1.46. The van der Waals surface area contributed by atoms with Crippen LogP contribution in [0.15, 0.2) is 18.3 Å². The molecule has 1 N–H and O–H groups in total. The quantitative estimate of drug-likeness (QED) is 0.650. The van der Waals surface area contributed by atoms with E-state index in [1.807, 2.05) is 13.8 Å². The van der Waals surface area contributed by atoms with Crippen molar-refractivity contribution in [2.24, 2.45) is 5.92 Å². The van der Waals surface area contributed by atoms with Crippen LogP contribution in [0.4, 0.5) is 11.5 Å². The van der Waals surface area contributed by atoms with Crippen LogP contribution in [0.5, 0.6) is 0 Å². The largest absolute Gasteiger partial charge is 0.378 e. The third-order valence-corrected chi connectivity index (χ3v) is 3.53. The first-order valence-electron chi connectivity index (χ1n) is 7.23. The zero-order valence-corrected chi connectivity index (χ0v) is 12.7. The van der Waals surface area contributed by atoms with Crippen molar-refractivity contribution in [2.75, 3.05) is 31.6 Å². The Balaban J connectivity index is 2.18. The fourth-order valence-electron chi connectivity index (χ4n) is 2.30. The van der Waals surface area contributed by atoms with E-state index in [9.17, 15) is 14.9 Å². The van der Waals surface area contributed by atoms with Gasteiger partial charge in [0.25, 0.3) is 0 Å². The van der Waals surface area contributed by atoms with Gasteiger partial charge in [0.15, 0.2) is 0 Å². The Bertz CT molecular complexity index is 543. The molecule has 0 aromatic carbocycles. The van der Waals surface area contributed by atoms with Crippen LogP contribution in [0.2, 0.25) is 0 Å². The minimum absolute atomic E-state index is 0.0306. The van der Waals surface area contributed by atoms with Gasteiger partial charge >= 0.3 is 5.69 Å². The second-order valence-corrected chi connectivity index (χ2v) is 5.43. The number of rotatable bonds is 5. The molecule has 1 aromatic rings. The van der Waals surface area contributed by atoms with Crippen molar-refractivity contribution in [1.29, 1.82) is 0 Å². The Morgan fingerprint density at radius 1 is 1.45 bits per heavy atom. The van der Waals surface area contributed by atoms with E-state index in [1.165, 1.54) is 18.3 Å². The van der Waals surface area contributed by atoms with Gasteiger partial charge in [-0.1, -0.05) is 13.8 Å². The second-order valence-electron chi connectivity index (χ2n) is 5.43. The normalized spacial score (nSPS) is 16.4. The van der Waals surface area contributed by atoms with Gasteiger partial charge in [-0.2, -0.15) is 0 Å². The summed E-state index contributed by atoms with van der Waals surface area (Å²) in [7, 11) is 0. The number of nitrogens with one attached hydrogen (secondary N) is 1. The summed E-state index contributed by atoms with van der Waals surface area (Å²) in [6.45, 7) is 5.89. The molecular formula is C14H20N4O4. The Labute approximate surface area is 128 Å². The van der Waals surface area contributed by atoms with E-state index in [0.29, 0.717) is 26.3 Å². The van der Waals surface area contributed by atoms with Gasteiger partial charge in [-0.25, -0.2) is 4.98 Å². The van der Waals surface area contributed by atoms with Crippen LogP contribution in [0.25, 0.3) is 0 Å². The molecule has 2 rings (SSSR count). The highest BCUT2D eigenvalue weighted by molar-refractivity contribution is 5.85. The molecule has 1 atom stereocenters. The maximum Gasteiger partial charge on any atom is 0.311 e. The summed E-state index contributed by atoms with van der Waals surface area (Å²) < 4.78 is 5.24. The van der Waals surface area contributed by atoms with Crippen LogP contribution >= 0.6 is 0 Å². The van der Waals surface area contributed by atoms with E-state index >= 15 is 0 Å². The highest BCUT2D eigenvalue weighted by Crippen LogP contribution is 2.23. The lowest BCUT2D eigenvalue weighted by molar-refractivity contribution is -0.384. The van der Waals surface area contributed by atoms with E-state index in [4.69, 9.17) is 4.74 Å². The molecule has 0 bridgehead atoms. The van der Waals surface area contributed by atoms with Gasteiger partial charge in [0.05, 0.1) is 18.1 Å². The molecule has 8 nitrogen and oxygen atoms in total. The second kappa shape index (κ2) is 7.17. The zero-order valence-electron chi connectivity index (χ0n) is 12.7. The molecule has 120 valence electrons. The number of hydrogen-bond donors (Lipinski definition) is 1. The van der Waals surface area contributed by atoms with Gasteiger partial charge in [-0.15, -0.1) is 0 Å².